The fourth-order valence-corrected chi connectivity index (χ4v) is 2.10. The van der Waals surface area contributed by atoms with Gasteiger partial charge < -0.3 is 15.2 Å². The van der Waals surface area contributed by atoms with Gasteiger partial charge in [-0.1, -0.05) is 12.1 Å². The van der Waals surface area contributed by atoms with Gasteiger partial charge in [-0.15, -0.1) is 0 Å². The van der Waals surface area contributed by atoms with Gasteiger partial charge in [0.25, 0.3) is 5.69 Å². The molecule has 128 valence electrons. The van der Waals surface area contributed by atoms with Gasteiger partial charge >= 0.3 is 6.18 Å². The van der Waals surface area contributed by atoms with Crippen LogP contribution in [0.25, 0.3) is 0 Å². The van der Waals surface area contributed by atoms with Crippen LogP contribution in [0.2, 0.25) is 0 Å². The molecule has 0 unspecified atom stereocenters. The van der Waals surface area contributed by atoms with E-state index in [2.05, 4.69) is 5.32 Å². The average molecular weight is 342 g/mol. The van der Waals surface area contributed by atoms with E-state index in [1.54, 1.807) is 6.07 Å². The molecule has 0 heterocycles. The molecule has 0 spiro atoms. The number of aromatic hydroxyl groups is 1. The molecule has 2 aromatic carbocycles. The van der Waals surface area contributed by atoms with Crippen molar-refractivity contribution >= 4 is 11.4 Å². The Kier molecular flexibility index (Phi) is 4.82. The molecular weight excluding hydrogens is 329 g/mol. The Morgan fingerprint density at radius 3 is 2.58 bits per heavy atom. The van der Waals surface area contributed by atoms with Crippen LogP contribution in [0.15, 0.2) is 36.4 Å². The third kappa shape index (κ3) is 3.67. The summed E-state index contributed by atoms with van der Waals surface area (Å²) in [4.78, 5) is 9.76. The number of anilines is 1. The monoisotopic (exact) mass is 342 g/mol. The van der Waals surface area contributed by atoms with Crippen LogP contribution >= 0.6 is 0 Å². The molecule has 0 aliphatic rings. The second kappa shape index (κ2) is 6.65. The number of phenolic OH excluding ortho intramolecular Hbond substituents is 1. The van der Waals surface area contributed by atoms with Crippen molar-refractivity contribution in [3.8, 4) is 11.5 Å². The molecule has 0 atom stereocenters. The third-order valence-electron chi connectivity index (χ3n) is 3.29. The molecule has 6 nitrogen and oxygen atoms in total. The van der Waals surface area contributed by atoms with Crippen LogP contribution < -0.4 is 10.1 Å². The lowest BCUT2D eigenvalue weighted by Gasteiger charge is -2.15. The predicted molar refractivity (Wildman–Crippen MR) is 80.1 cm³/mol. The predicted octanol–water partition coefficient (Wildman–Crippen LogP) is 3.94. The van der Waals surface area contributed by atoms with E-state index in [0.29, 0.717) is 11.6 Å². The Morgan fingerprint density at radius 1 is 1.29 bits per heavy atom. The summed E-state index contributed by atoms with van der Waals surface area (Å²) in [5, 5.41) is 23.1. The van der Waals surface area contributed by atoms with Crippen molar-refractivity contribution in [3.05, 3.63) is 57.6 Å². The van der Waals surface area contributed by atoms with Crippen LogP contribution in [0.3, 0.4) is 0 Å². The second-order valence-electron chi connectivity index (χ2n) is 4.81. The summed E-state index contributed by atoms with van der Waals surface area (Å²) in [5.41, 5.74) is -1.81. The van der Waals surface area contributed by atoms with Crippen LogP contribution in [0.4, 0.5) is 24.5 Å². The largest absolute Gasteiger partial charge is 0.504 e. The number of phenols is 1. The SMILES string of the molecule is COc1cccc(CNc2ccc([N+](=O)[O-])cc2C(F)(F)F)c1O. The van der Waals surface area contributed by atoms with Gasteiger partial charge in [-0.2, -0.15) is 13.2 Å². The zero-order valence-corrected chi connectivity index (χ0v) is 12.4. The smallest absolute Gasteiger partial charge is 0.418 e. The van der Waals surface area contributed by atoms with E-state index in [-0.39, 0.29) is 23.7 Å². The molecule has 9 heteroatoms. The van der Waals surface area contributed by atoms with Gasteiger partial charge in [0, 0.05) is 29.9 Å². The molecule has 0 fully saturated rings. The number of non-ortho nitro benzene ring substituents is 1. The quantitative estimate of drug-likeness (QED) is 0.635. The van der Waals surface area contributed by atoms with Crippen LogP contribution in [0, 0.1) is 10.1 Å². The standard InChI is InChI=1S/C15H13F3N2O4/c1-24-13-4-2-3-9(14(13)21)8-19-12-6-5-10(20(22)23)7-11(12)15(16,17)18/h2-7,19,21H,8H2,1H3. The molecule has 2 rings (SSSR count). The highest BCUT2D eigenvalue weighted by atomic mass is 19.4. The molecule has 0 saturated heterocycles. The Bertz CT molecular complexity index is 763. The highest BCUT2D eigenvalue weighted by Gasteiger charge is 2.35. The van der Waals surface area contributed by atoms with E-state index in [1.165, 1.54) is 19.2 Å². The number of hydrogen-bond acceptors (Lipinski definition) is 5. The van der Waals surface area contributed by atoms with Crippen LogP contribution in [0.1, 0.15) is 11.1 Å². The summed E-state index contributed by atoms with van der Waals surface area (Å²) < 4.78 is 44.2. The van der Waals surface area contributed by atoms with E-state index in [0.717, 1.165) is 12.1 Å². The summed E-state index contributed by atoms with van der Waals surface area (Å²) in [6.07, 6.45) is -4.76. The highest BCUT2D eigenvalue weighted by Crippen LogP contribution is 2.38. The fraction of sp³-hybridized carbons (Fsp3) is 0.200. The van der Waals surface area contributed by atoms with Gasteiger partial charge in [-0.3, -0.25) is 10.1 Å². The van der Waals surface area contributed by atoms with E-state index in [1.807, 2.05) is 0 Å². The van der Waals surface area contributed by atoms with Crippen molar-refractivity contribution in [2.24, 2.45) is 0 Å². The Labute approximate surface area is 134 Å². The van der Waals surface area contributed by atoms with E-state index in [9.17, 15) is 28.4 Å². The molecule has 0 aliphatic carbocycles. The lowest BCUT2D eigenvalue weighted by molar-refractivity contribution is -0.385. The number of nitrogens with zero attached hydrogens (tertiary/aromatic N) is 1. The minimum absolute atomic E-state index is 0.121. The number of benzene rings is 2. The molecule has 0 saturated carbocycles. The van der Waals surface area contributed by atoms with E-state index < -0.39 is 22.4 Å². The molecule has 0 bridgehead atoms. The van der Waals surface area contributed by atoms with Crippen molar-refractivity contribution in [1.29, 1.82) is 0 Å². The number of hydrogen-bond donors (Lipinski definition) is 2. The van der Waals surface area contributed by atoms with Crippen molar-refractivity contribution in [1.82, 2.24) is 0 Å². The van der Waals surface area contributed by atoms with Crippen molar-refractivity contribution in [2.75, 3.05) is 12.4 Å². The number of ether oxygens (including phenoxy) is 1. The number of rotatable bonds is 5. The first-order chi connectivity index (χ1) is 11.2. The third-order valence-corrected chi connectivity index (χ3v) is 3.29. The van der Waals surface area contributed by atoms with Gasteiger partial charge in [0.2, 0.25) is 0 Å². The molecule has 2 aromatic rings. The fourth-order valence-electron chi connectivity index (χ4n) is 2.10. The number of halogens is 3. The van der Waals surface area contributed by atoms with Crippen molar-refractivity contribution < 1.29 is 27.9 Å². The first kappa shape index (κ1) is 17.4. The first-order valence-electron chi connectivity index (χ1n) is 6.68. The molecule has 2 N–H and O–H groups in total. The van der Waals surface area contributed by atoms with Gasteiger partial charge in [-0.05, 0) is 12.1 Å². The zero-order chi connectivity index (χ0) is 17.9. The van der Waals surface area contributed by atoms with E-state index >= 15 is 0 Å². The number of para-hydroxylation sites is 1. The molecular formula is C15H13F3N2O4. The lowest BCUT2D eigenvalue weighted by atomic mass is 10.1. The number of nitrogens with one attached hydrogen (secondary N) is 1. The topological polar surface area (TPSA) is 84.6 Å². The zero-order valence-electron chi connectivity index (χ0n) is 12.4. The normalized spacial score (nSPS) is 11.2. The number of nitro groups is 1. The number of methoxy groups -OCH3 is 1. The Morgan fingerprint density at radius 2 is 2.00 bits per heavy atom. The van der Waals surface area contributed by atoms with Crippen molar-refractivity contribution in [2.45, 2.75) is 12.7 Å². The number of alkyl halides is 3. The first-order valence-corrected chi connectivity index (χ1v) is 6.68. The minimum Gasteiger partial charge on any atom is -0.504 e. The van der Waals surface area contributed by atoms with Gasteiger partial charge in [0.1, 0.15) is 0 Å². The summed E-state index contributed by atoms with van der Waals surface area (Å²) >= 11 is 0. The Hall–Kier alpha value is -2.97. The summed E-state index contributed by atoms with van der Waals surface area (Å²) in [6.45, 7) is -0.121. The highest BCUT2D eigenvalue weighted by molar-refractivity contribution is 5.58. The van der Waals surface area contributed by atoms with Crippen molar-refractivity contribution in [3.63, 3.8) is 0 Å². The summed E-state index contributed by atoms with van der Waals surface area (Å²) in [5.74, 6) is -0.00276. The van der Waals surface area contributed by atoms with Crippen LogP contribution in [-0.2, 0) is 12.7 Å². The molecule has 0 amide bonds. The second-order valence-corrected chi connectivity index (χ2v) is 4.81. The maximum absolute atomic E-state index is 13.1. The molecule has 0 radical (unpaired) electrons. The van der Waals surface area contributed by atoms with Gasteiger partial charge in [0.15, 0.2) is 11.5 Å². The van der Waals surface area contributed by atoms with Crippen LogP contribution in [0.5, 0.6) is 11.5 Å². The van der Waals surface area contributed by atoms with Gasteiger partial charge in [-0.25, -0.2) is 0 Å². The molecule has 24 heavy (non-hydrogen) atoms. The summed E-state index contributed by atoms with van der Waals surface area (Å²) in [7, 11) is 1.35. The van der Waals surface area contributed by atoms with Crippen LogP contribution in [-0.4, -0.2) is 17.1 Å². The van der Waals surface area contributed by atoms with E-state index in [4.69, 9.17) is 4.74 Å². The summed E-state index contributed by atoms with van der Waals surface area (Å²) in [6, 6.07) is 7.03. The minimum atomic E-state index is -4.76. The average Bonchev–Trinajstić information content (AvgIpc) is 2.52. The molecule has 0 aromatic heterocycles. The molecule has 0 aliphatic heterocycles. The Balaban J connectivity index is 2.32. The maximum Gasteiger partial charge on any atom is 0.418 e. The lowest BCUT2D eigenvalue weighted by Crippen LogP contribution is -2.11. The van der Waals surface area contributed by atoms with Gasteiger partial charge in [0.05, 0.1) is 17.6 Å². The number of nitro benzene ring substituents is 1. The maximum atomic E-state index is 13.1.